The molecule has 1 aromatic rings. The molecule has 0 spiro atoms. The number of aliphatic hydroxyl groups excluding tert-OH is 1. The van der Waals surface area contributed by atoms with Crippen molar-refractivity contribution in [3.63, 3.8) is 0 Å². The maximum absolute atomic E-state index is 9.14. The highest BCUT2D eigenvalue weighted by molar-refractivity contribution is 5.18. The van der Waals surface area contributed by atoms with Crippen molar-refractivity contribution in [2.24, 2.45) is 17.3 Å². The van der Waals surface area contributed by atoms with E-state index in [2.05, 4.69) is 47.6 Å². The minimum atomic E-state index is 0.109. The lowest BCUT2D eigenvalue weighted by Gasteiger charge is -2.45. The van der Waals surface area contributed by atoms with Crippen molar-refractivity contribution in [1.82, 2.24) is 19.6 Å². The van der Waals surface area contributed by atoms with Gasteiger partial charge in [-0.15, -0.1) is 6.58 Å². The van der Waals surface area contributed by atoms with Gasteiger partial charge in [0.1, 0.15) is 0 Å². The van der Waals surface area contributed by atoms with Crippen molar-refractivity contribution in [2.45, 2.75) is 32.7 Å². The van der Waals surface area contributed by atoms with Crippen LogP contribution < -0.4 is 0 Å². The van der Waals surface area contributed by atoms with E-state index < -0.39 is 0 Å². The molecule has 0 radical (unpaired) electrons. The van der Waals surface area contributed by atoms with E-state index in [1.54, 1.807) is 0 Å². The first-order valence-corrected chi connectivity index (χ1v) is 11.0. The predicted octanol–water partition coefficient (Wildman–Crippen LogP) is 3.21. The minimum absolute atomic E-state index is 0.109. The van der Waals surface area contributed by atoms with Gasteiger partial charge in [0.25, 0.3) is 0 Å². The van der Waals surface area contributed by atoms with Crippen LogP contribution in [0.5, 0.6) is 0 Å². The first-order chi connectivity index (χ1) is 13.9. The standard InChI is InChI=1S/C24H38N4O/c1-5-24(4)8-7-22(20(2)19-28-10-6-9-25-28)17-23(24)21(3)18-27-13-11-26(12-14-27)15-16-29/h5-6,9-10,22-23,29H,1-3,7-8,11-19H2,4H3/t22-,23+,24-/m1/s1. The van der Waals surface area contributed by atoms with Crippen LogP contribution in [-0.2, 0) is 6.54 Å². The largest absolute Gasteiger partial charge is 0.395 e. The molecule has 1 aliphatic heterocycles. The van der Waals surface area contributed by atoms with Gasteiger partial charge in [0.15, 0.2) is 0 Å². The zero-order valence-corrected chi connectivity index (χ0v) is 18.1. The zero-order valence-electron chi connectivity index (χ0n) is 18.1. The van der Waals surface area contributed by atoms with Crippen molar-refractivity contribution in [1.29, 1.82) is 0 Å². The second-order valence-electron chi connectivity index (χ2n) is 9.10. The number of piperazine rings is 1. The van der Waals surface area contributed by atoms with Crippen molar-refractivity contribution < 1.29 is 5.11 Å². The fourth-order valence-electron chi connectivity index (χ4n) is 5.02. The average Bonchev–Trinajstić information content (AvgIpc) is 3.23. The molecule has 1 aliphatic carbocycles. The normalized spacial score (nSPS) is 28.9. The molecule has 3 rings (SSSR count). The molecule has 5 heteroatoms. The van der Waals surface area contributed by atoms with Crippen LogP contribution in [0.1, 0.15) is 26.2 Å². The number of aliphatic hydroxyl groups is 1. The van der Waals surface area contributed by atoms with Crippen molar-refractivity contribution in [2.75, 3.05) is 45.9 Å². The highest BCUT2D eigenvalue weighted by Gasteiger charge is 2.40. The molecule has 0 amide bonds. The predicted molar refractivity (Wildman–Crippen MR) is 120 cm³/mol. The van der Waals surface area contributed by atoms with Crippen LogP contribution in [0.15, 0.2) is 55.4 Å². The molecule has 0 bridgehead atoms. The lowest BCUT2D eigenvalue weighted by Crippen LogP contribution is -2.48. The Balaban J connectivity index is 1.60. The molecule has 1 N–H and O–H groups in total. The molecule has 2 fully saturated rings. The molecule has 29 heavy (non-hydrogen) atoms. The fourth-order valence-corrected chi connectivity index (χ4v) is 5.02. The van der Waals surface area contributed by atoms with E-state index in [4.69, 9.17) is 5.11 Å². The Bertz CT molecular complexity index is 690. The molecule has 0 unspecified atom stereocenters. The summed E-state index contributed by atoms with van der Waals surface area (Å²) >= 11 is 0. The Hall–Kier alpha value is -1.69. The topological polar surface area (TPSA) is 44.5 Å². The van der Waals surface area contributed by atoms with Gasteiger partial charge in [-0.05, 0) is 42.6 Å². The van der Waals surface area contributed by atoms with E-state index in [0.29, 0.717) is 11.8 Å². The molecule has 2 heterocycles. The highest BCUT2D eigenvalue weighted by Crippen LogP contribution is 2.49. The van der Waals surface area contributed by atoms with E-state index in [1.165, 1.54) is 11.1 Å². The van der Waals surface area contributed by atoms with Gasteiger partial charge in [-0.1, -0.05) is 37.3 Å². The number of β-amino-alcohol motifs (C(OH)–C–C–N with tert-alkyl or cyclic N) is 1. The Labute approximate surface area is 176 Å². The van der Waals surface area contributed by atoms with Gasteiger partial charge in [0, 0.05) is 51.7 Å². The Morgan fingerprint density at radius 1 is 1.17 bits per heavy atom. The van der Waals surface area contributed by atoms with Crippen LogP contribution in [0.3, 0.4) is 0 Å². The van der Waals surface area contributed by atoms with Crippen LogP contribution in [0.25, 0.3) is 0 Å². The van der Waals surface area contributed by atoms with Crippen molar-refractivity contribution >= 4 is 0 Å². The average molecular weight is 399 g/mol. The van der Waals surface area contributed by atoms with E-state index in [0.717, 1.165) is 65.1 Å². The summed E-state index contributed by atoms with van der Waals surface area (Å²) in [5.74, 6) is 0.943. The first-order valence-electron chi connectivity index (χ1n) is 11.0. The highest BCUT2D eigenvalue weighted by atomic mass is 16.3. The third kappa shape index (κ3) is 5.47. The molecule has 0 aromatic carbocycles. The molecule has 1 saturated carbocycles. The van der Waals surface area contributed by atoms with Gasteiger partial charge in [0.05, 0.1) is 13.2 Å². The third-order valence-electron chi connectivity index (χ3n) is 7.12. The molecular formula is C24H38N4O. The summed E-state index contributed by atoms with van der Waals surface area (Å²) in [7, 11) is 0. The van der Waals surface area contributed by atoms with E-state index >= 15 is 0 Å². The van der Waals surface area contributed by atoms with Gasteiger partial charge in [0.2, 0.25) is 0 Å². The van der Waals surface area contributed by atoms with E-state index in [1.807, 2.05) is 23.1 Å². The molecule has 2 aliphatic rings. The number of hydrogen-bond acceptors (Lipinski definition) is 4. The van der Waals surface area contributed by atoms with E-state index in [-0.39, 0.29) is 12.0 Å². The van der Waals surface area contributed by atoms with Crippen LogP contribution in [0, 0.1) is 17.3 Å². The second-order valence-corrected chi connectivity index (χ2v) is 9.10. The fraction of sp³-hybridized carbons (Fsp3) is 0.625. The van der Waals surface area contributed by atoms with Crippen molar-refractivity contribution in [3.8, 4) is 0 Å². The zero-order chi connectivity index (χ0) is 20.9. The number of hydrogen-bond donors (Lipinski definition) is 1. The quantitative estimate of drug-likeness (QED) is 0.649. The number of nitrogens with zero attached hydrogens (tertiary/aromatic N) is 4. The van der Waals surface area contributed by atoms with Gasteiger partial charge in [-0.25, -0.2) is 0 Å². The summed E-state index contributed by atoms with van der Waals surface area (Å²) in [6.45, 7) is 22.4. The smallest absolute Gasteiger partial charge is 0.0619 e. The van der Waals surface area contributed by atoms with Crippen molar-refractivity contribution in [3.05, 3.63) is 55.4 Å². The summed E-state index contributed by atoms with van der Waals surface area (Å²) in [5, 5.41) is 13.5. The minimum Gasteiger partial charge on any atom is -0.395 e. The van der Waals surface area contributed by atoms with Gasteiger partial charge >= 0.3 is 0 Å². The molecule has 3 atom stereocenters. The van der Waals surface area contributed by atoms with E-state index in [9.17, 15) is 0 Å². The Morgan fingerprint density at radius 2 is 1.90 bits per heavy atom. The molecular weight excluding hydrogens is 360 g/mol. The van der Waals surface area contributed by atoms with Gasteiger partial charge in [-0.2, -0.15) is 5.10 Å². The maximum Gasteiger partial charge on any atom is 0.0619 e. The van der Waals surface area contributed by atoms with Gasteiger partial charge < -0.3 is 5.11 Å². The van der Waals surface area contributed by atoms with Crippen LogP contribution >= 0.6 is 0 Å². The second kappa shape index (κ2) is 9.88. The summed E-state index contributed by atoms with van der Waals surface area (Å²) in [5.41, 5.74) is 2.72. The lowest BCUT2D eigenvalue weighted by molar-refractivity contribution is 0.108. The molecule has 1 saturated heterocycles. The SMILES string of the molecule is C=C[C@]1(C)CC[C@@H](C(=C)Cn2cccn2)C[C@H]1C(=C)CN1CCN(CCO)CC1. The summed E-state index contributed by atoms with van der Waals surface area (Å²) in [6, 6.07) is 1.97. The van der Waals surface area contributed by atoms with Crippen LogP contribution in [-0.4, -0.2) is 70.6 Å². The number of rotatable bonds is 9. The summed E-state index contributed by atoms with van der Waals surface area (Å²) in [4.78, 5) is 4.85. The molecule has 160 valence electrons. The summed E-state index contributed by atoms with van der Waals surface area (Å²) in [6.07, 6.45) is 9.39. The molecule has 5 nitrogen and oxygen atoms in total. The maximum atomic E-state index is 9.14. The van der Waals surface area contributed by atoms with Crippen LogP contribution in [0.2, 0.25) is 0 Å². The monoisotopic (exact) mass is 398 g/mol. The number of aromatic nitrogens is 2. The Kier molecular flexibility index (Phi) is 7.49. The summed E-state index contributed by atoms with van der Waals surface area (Å²) < 4.78 is 1.97. The molecule has 1 aromatic heterocycles. The lowest BCUT2D eigenvalue weighted by atomic mass is 9.61. The first kappa shape index (κ1) is 22.0. The Morgan fingerprint density at radius 3 is 2.52 bits per heavy atom. The van der Waals surface area contributed by atoms with Gasteiger partial charge in [-0.3, -0.25) is 14.5 Å². The van der Waals surface area contributed by atoms with Crippen LogP contribution in [0.4, 0.5) is 0 Å². The third-order valence-corrected chi connectivity index (χ3v) is 7.12. The number of allylic oxidation sites excluding steroid dienone is 2.